The molecule has 88 valence electrons. The van der Waals surface area contributed by atoms with Gasteiger partial charge in [-0.15, -0.1) is 6.58 Å². The van der Waals surface area contributed by atoms with Crippen LogP contribution in [0.4, 0.5) is 0 Å². The smallest absolute Gasteiger partial charge is 0.00416 e. The molecule has 0 aromatic carbocycles. The van der Waals surface area contributed by atoms with Gasteiger partial charge in [-0.05, 0) is 38.6 Å². The highest BCUT2D eigenvalue weighted by Crippen LogP contribution is 2.25. The van der Waals surface area contributed by atoms with E-state index in [0.717, 1.165) is 12.3 Å². The van der Waals surface area contributed by atoms with Crippen molar-refractivity contribution in [1.82, 2.24) is 5.32 Å². The Hall–Kier alpha value is -0.300. The van der Waals surface area contributed by atoms with Gasteiger partial charge in [-0.25, -0.2) is 0 Å². The minimum absolute atomic E-state index is 0.659. The van der Waals surface area contributed by atoms with E-state index in [1.807, 2.05) is 6.08 Å². The molecule has 15 heavy (non-hydrogen) atoms. The standard InChI is InChI=1S/C14H27N/c1-3-4-8-13(2)15-12-11-14-9-6-5-7-10-14/h3,13-15H,1,4-12H2,2H3. The molecule has 1 nitrogen and oxygen atoms in total. The Morgan fingerprint density at radius 3 is 2.73 bits per heavy atom. The summed E-state index contributed by atoms with van der Waals surface area (Å²) in [5, 5.41) is 3.62. The number of allylic oxidation sites excluding steroid dienone is 1. The van der Waals surface area contributed by atoms with E-state index in [0.29, 0.717) is 6.04 Å². The van der Waals surface area contributed by atoms with Crippen molar-refractivity contribution in [2.75, 3.05) is 6.54 Å². The van der Waals surface area contributed by atoms with E-state index < -0.39 is 0 Å². The van der Waals surface area contributed by atoms with Crippen LogP contribution in [0.5, 0.6) is 0 Å². The van der Waals surface area contributed by atoms with Crippen molar-refractivity contribution in [2.24, 2.45) is 5.92 Å². The monoisotopic (exact) mass is 209 g/mol. The van der Waals surface area contributed by atoms with Crippen LogP contribution in [-0.4, -0.2) is 12.6 Å². The lowest BCUT2D eigenvalue weighted by atomic mass is 9.87. The summed E-state index contributed by atoms with van der Waals surface area (Å²) in [6.45, 7) is 7.25. The summed E-state index contributed by atoms with van der Waals surface area (Å²) in [6, 6.07) is 0.659. The maximum atomic E-state index is 3.76. The molecule has 0 aromatic rings. The van der Waals surface area contributed by atoms with Gasteiger partial charge in [0.1, 0.15) is 0 Å². The molecule has 1 rings (SSSR count). The Morgan fingerprint density at radius 2 is 2.07 bits per heavy atom. The van der Waals surface area contributed by atoms with E-state index in [1.54, 1.807) is 0 Å². The maximum Gasteiger partial charge on any atom is 0.00416 e. The summed E-state index contributed by atoms with van der Waals surface area (Å²) in [6.07, 6.45) is 13.1. The van der Waals surface area contributed by atoms with E-state index in [-0.39, 0.29) is 0 Å². The highest BCUT2D eigenvalue weighted by atomic mass is 14.9. The third-order valence-corrected chi connectivity index (χ3v) is 3.57. The zero-order chi connectivity index (χ0) is 10.9. The van der Waals surface area contributed by atoms with Crippen LogP contribution >= 0.6 is 0 Å². The maximum absolute atomic E-state index is 3.76. The lowest BCUT2D eigenvalue weighted by Crippen LogP contribution is -2.28. The van der Waals surface area contributed by atoms with Gasteiger partial charge in [0.15, 0.2) is 0 Å². The summed E-state index contributed by atoms with van der Waals surface area (Å²) in [5.41, 5.74) is 0. The zero-order valence-corrected chi connectivity index (χ0v) is 10.3. The second kappa shape index (κ2) is 7.92. The zero-order valence-electron chi connectivity index (χ0n) is 10.3. The third kappa shape index (κ3) is 5.99. The molecule has 0 amide bonds. The van der Waals surface area contributed by atoms with E-state index in [9.17, 15) is 0 Å². The van der Waals surface area contributed by atoms with Gasteiger partial charge in [-0.1, -0.05) is 38.2 Å². The van der Waals surface area contributed by atoms with Crippen molar-refractivity contribution < 1.29 is 0 Å². The summed E-state index contributed by atoms with van der Waals surface area (Å²) in [4.78, 5) is 0. The Balaban J connectivity index is 1.96. The SMILES string of the molecule is C=CCCC(C)NCCC1CCCCC1. The molecule has 0 radical (unpaired) electrons. The average Bonchev–Trinajstić information content (AvgIpc) is 2.28. The van der Waals surface area contributed by atoms with Crippen LogP contribution in [0.3, 0.4) is 0 Å². The van der Waals surface area contributed by atoms with E-state index >= 15 is 0 Å². The number of hydrogen-bond acceptors (Lipinski definition) is 1. The summed E-state index contributed by atoms with van der Waals surface area (Å²) in [5.74, 6) is 1.01. The summed E-state index contributed by atoms with van der Waals surface area (Å²) >= 11 is 0. The molecule has 1 aliphatic rings. The minimum Gasteiger partial charge on any atom is -0.314 e. The van der Waals surface area contributed by atoms with Gasteiger partial charge < -0.3 is 5.32 Å². The third-order valence-electron chi connectivity index (χ3n) is 3.57. The Bertz CT molecular complexity index is 159. The molecule has 0 aromatic heterocycles. The van der Waals surface area contributed by atoms with Crippen LogP contribution in [0.15, 0.2) is 12.7 Å². The molecule has 0 heterocycles. The highest BCUT2D eigenvalue weighted by Gasteiger charge is 2.12. The lowest BCUT2D eigenvalue weighted by Gasteiger charge is -2.22. The van der Waals surface area contributed by atoms with Crippen LogP contribution in [0.25, 0.3) is 0 Å². The van der Waals surface area contributed by atoms with Gasteiger partial charge in [0.25, 0.3) is 0 Å². The predicted molar refractivity (Wildman–Crippen MR) is 68.1 cm³/mol. The normalized spacial score (nSPS) is 20.1. The van der Waals surface area contributed by atoms with Crippen LogP contribution in [0.1, 0.15) is 58.3 Å². The predicted octanol–water partition coefficient (Wildman–Crippen LogP) is 3.90. The Kier molecular flexibility index (Phi) is 6.74. The number of nitrogens with one attached hydrogen (secondary N) is 1. The van der Waals surface area contributed by atoms with E-state index in [1.165, 1.54) is 51.5 Å². The first-order chi connectivity index (χ1) is 7.33. The molecule has 1 unspecified atom stereocenters. The molecule has 1 aliphatic carbocycles. The fourth-order valence-electron chi connectivity index (χ4n) is 2.48. The molecule has 1 heteroatoms. The van der Waals surface area contributed by atoms with Gasteiger partial charge in [-0.2, -0.15) is 0 Å². The first kappa shape index (κ1) is 12.8. The summed E-state index contributed by atoms with van der Waals surface area (Å²) in [7, 11) is 0. The fraction of sp³-hybridized carbons (Fsp3) is 0.857. The van der Waals surface area contributed by atoms with Crippen molar-refractivity contribution in [1.29, 1.82) is 0 Å². The molecule has 1 atom stereocenters. The first-order valence-electron chi connectivity index (χ1n) is 6.67. The summed E-state index contributed by atoms with van der Waals surface area (Å²) < 4.78 is 0. The minimum atomic E-state index is 0.659. The average molecular weight is 209 g/mol. The van der Waals surface area contributed by atoms with Crippen LogP contribution in [-0.2, 0) is 0 Å². The van der Waals surface area contributed by atoms with Gasteiger partial charge in [0.2, 0.25) is 0 Å². The molecular formula is C14H27N. The highest BCUT2D eigenvalue weighted by molar-refractivity contribution is 4.72. The second-order valence-corrected chi connectivity index (χ2v) is 5.01. The van der Waals surface area contributed by atoms with Crippen molar-refractivity contribution >= 4 is 0 Å². The van der Waals surface area contributed by atoms with Gasteiger partial charge in [0.05, 0.1) is 0 Å². The largest absolute Gasteiger partial charge is 0.314 e. The molecule has 0 aliphatic heterocycles. The Labute approximate surface area is 95.3 Å². The molecule has 0 bridgehead atoms. The second-order valence-electron chi connectivity index (χ2n) is 5.01. The van der Waals surface area contributed by atoms with E-state index in [2.05, 4.69) is 18.8 Å². The van der Waals surface area contributed by atoms with Crippen molar-refractivity contribution in [2.45, 2.75) is 64.3 Å². The van der Waals surface area contributed by atoms with Gasteiger partial charge >= 0.3 is 0 Å². The molecule has 1 fully saturated rings. The van der Waals surface area contributed by atoms with Crippen LogP contribution in [0.2, 0.25) is 0 Å². The van der Waals surface area contributed by atoms with Crippen molar-refractivity contribution in [3.8, 4) is 0 Å². The molecule has 0 spiro atoms. The topological polar surface area (TPSA) is 12.0 Å². The van der Waals surface area contributed by atoms with Gasteiger partial charge in [-0.3, -0.25) is 0 Å². The first-order valence-corrected chi connectivity index (χ1v) is 6.67. The van der Waals surface area contributed by atoms with Crippen LogP contribution in [0, 0.1) is 5.92 Å². The van der Waals surface area contributed by atoms with Crippen LogP contribution < -0.4 is 5.32 Å². The molecule has 1 N–H and O–H groups in total. The van der Waals surface area contributed by atoms with E-state index in [4.69, 9.17) is 0 Å². The Morgan fingerprint density at radius 1 is 1.33 bits per heavy atom. The van der Waals surface area contributed by atoms with Crippen molar-refractivity contribution in [3.05, 3.63) is 12.7 Å². The number of hydrogen-bond donors (Lipinski definition) is 1. The van der Waals surface area contributed by atoms with Gasteiger partial charge in [0, 0.05) is 6.04 Å². The van der Waals surface area contributed by atoms with Crippen molar-refractivity contribution in [3.63, 3.8) is 0 Å². The number of rotatable bonds is 7. The molecular weight excluding hydrogens is 182 g/mol. The quantitative estimate of drug-likeness (QED) is 0.627. The lowest BCUT2D eigenvalue weighted by molar-refractivity contribution is 0.327. The fourth-order valence-corrected chi connectivity index (χ4v) is 2.48. The molecule has 0 saturated heterocycles. The molecule has 1 saturated carbocycles.